The molecule has 2 N–H and O–H groups in total. The summed E-state index contributed by atoms with van der Waals surface area (Å²) in [4.78, 5) is 2.51. The van der Waals surface area contributed by atoms with Crippen molar-refractivity contribution in [2.24, 2.45) is 0 Å². The summed E-state index contributed by atoms with van der Waals surface area (Å²) < 4.78 is 0. The minimum absolute atomic E-state index is 0. The van der Waals surface area contributed by atoms with Crippen molar-refractivity contribution in [1.82, 2.24) is 4.90 Å². The van der Waals surface area contributed by atoms with Crippen LogP contribution >= 0.6 is 0 Å². The highest BCUT2D eigenvalue weighted by Crippen LogP contribution is 2.07. The second-order valence-corrected chi connectivity index (χ2v) is 2.76. The van der Waals surface area contributed by atoms with Crippen molar-refractivity contribution in [3.8, 4) is 0 Å². The van der Waals surface area contributed by atoms with Gasteiger partial charge in [0.25, 0.3) is 0 Å². The molecule has 1 radical (unpaired) electrons. The van der Waals surface area contributed by atoms with Crippen molar-refractivity contribution in [3.63, 3.8) is 0 Å². The molecule has 0 unspecified atom stereocenters. The molecule has 0 saturated carbocycles. The quantitative estimate of drug-likeness (QED) is 0.566. The van der Waals surface area contributed by atoms with Crippen LogP contribution in [-0.4, -0.2) is 30.0 Å². The molecular weight excluding hydrogens is 126 g/mol. The molecule has 0 amide bonds. The number of hydrogen-bond acceptors (Lipinski definition) is 1. The summed E-state index contributed by atoms with van der Waals surface area (Å²) >= 11 is 0. The first-order valence-corrected chi connectivity index (χ1v) is 3.95. The Labute approximate surface area is 63.5 Å². The van der Waals surface area contributed by atoms with E-state index < -0.39 is 0 Å². The molecule has 1 aliphatic heterocycles. The summed E-state index contributed by atoms with van der Waals surface area (Å²) in [7, 11) is 0. The molecule has 0 spiro atoms. The molecule has 1 fully saturated rings. The molecule has 0 atom stereocenters. The zero-order valence-electron chi connectivity index (χ0n) is 6.60. The average Bonchev–Trinajstić information content (AvgIpc) is 1.91. The fraction of sp³-hybridized carbons (Fsp3) is 0.875. The molecule has 2 nitrogen and oxygen atoms in total. The van der Waals surface area contributed by atoms with Gasteiger partial charge in [0.05, 0.1) is 0 Å². The van der Waals surface area contributed by atoms with Gasteiger partial charge in [-0.05, 0) is 38.9 Å². The molecule has 0 bridgehead atoms. The minimum Gasteiger partial charge on any atom is -0.412 e. The van der Waals surface area contributed by atoms with Gasteiger partial charge in [-0.25, -0.2) is 0 Å². The highest BCUT2D eigenvalue weighted by molar-refractivity contribution is 4.64. The van der Waals surface area contributed by atoms with Crippen molar-refractivity contribution in [3.05, 3.63) is 6.92 Å². The van der Waals surface area contributed by atoms with E-state index in [1.165, 1.54) is 38.9 Å². The molecule has 0 aromatic carbocycles. The molecule has 1 aliphatic rings. The Morgan fingerprint density at radius 3 is 2.20 bits per heavy atom. The highest BCUT2D eigenvalue weighted by atomic mass is 16.0. The van der Waals surface area contributed by atoms with Gasteiger partial charge in [-0.1, -0.05) is 13.3 Å². The van der Waals surface area contributed by atoms with Gasteiger partial charge in [0.2, 0.25) is 0 Å². The Morgan fingerprint density at radius 2 is 1.70 bits per heavy atom. The Kier molecular flexibility index (Phi) is 5.64. The second kappa shape index (κ2) is 5.69. The maximum absolute atomic E-state index is 3.84. The van der Waals surface area contributed by atoms with Crippen LogP contribution in [0, 0.1) is 6.92 Å². The summed E-state index contributed by atoms with van der Waals surface area (Å²) in [5.41, 5.74) is 0. The lowest BCUT2D eigenvalue weighted by molar-refractivity contribution is 0.232. The van der Waals surface area contributed by atoms with Crippen LogP contribution in [0.3, 0.4) is 0 Å². The standard InChI is InChI=1S/C8H16N.H2O/c1-2-6-9-7-4-3-5-8-9;/h1-8H2;1H2. The van der Waals surface area contributed by atoms with Gasteiger partial charge in [0, 0.05) is 0 Å². The predicted molar refractivity (Wildman–Crippen MR) is 43.9 cm³/mol. The third kappa shape index (κ3) is 3.18. The number of piperidine rings is 1. The maximum atomic E-state index is 3.84. The summed E-state index contributed by atoms with van der Waals surface area (Å²) in [6.45, 7) is 7.68. The first kappa shape index (κ1) is 9.92. The van der Waals surface area contributed by atoms with Crippen LogP contribution < -0.4 is 0 Å². The van der Waals surface area contributed by atoms with Crippen LogP contribution in [0.25, 0.3) is 0 Å². The monoisotopic (exact) mass is 144 g/mol. The van der Waals surface area contributed by atoms with E-state index in [2.05, 4.69) is 11.8 Å². The van der Waals surface area contributed by atoms with Crippen molar-refractivity contribution in [1.29, 1.82) is 0 Å². The molecular formula is C8H18NO. The largest absolute Gasteiger partial charge is 0.412 e. The molecule has 10 heavy (non-hydrogen) atoms. The first-order chi connectivity index (χ1) is 4.43. The topological polar surface area (TPSA) is 34.7 Å². The van der Waals surface area contributed by atoms with Crippen LogP contribution in [-0.2, 0) is 0 Å². The summed E-state index contributed by atoms with van der Waals surface area (Å²) in [6, 6.07) is 0. The first-order valence-electron chi connectivity index (χ1n) is 3.95. The van der Waals surface area contributed by atoms with Crippen molar-refractivity contribution in [2.75, 3.05) is 19.6 Å². The molecule has 0 aromatic heterocycles. The molecule has 1 rings (SSSR count). The number of nitrogens with zero attached hydrogens (tertiary/aromatic N) is 1. The lowest BCUT2D eigenvalue weighted by Gasteiger charge is -2.25. The Morgan fingerprint density at radius 1 is 1.10 bits per heavy atom. The molecule has 0 aliphatic carbocycles. The van der Waals surface area contributed by atoms with Crippen molar-refractivity contribution >= 4 is 0 Å². The van der Waals surface area contributed by atoms with Gasteiger partial charge in [-0.3, -0.25) is 0 Å². The van der Waals surface area contributed by atoms with E-state index in [9.17, 15) is 0 Å². The molecule has 1 saturated heterocycles. The number of hydrogen-bond donors (Lipinski definition) is 0. The molecule has 1 heterocycles. The van der Waals surface area contributed by atoms with E-state index in [1.807, 2.05) is 0 Å². The molecule has 61 valence electrons. The Hall–Kier alpha value is -0.0800. The van der Waals surface area contributed by atoms with Gasteiger partial charge in [0.15, 0.2) is 0 Å². The third-order valence-corrected chi connectivity index (χ3v) is 1.92. The highest BCUT2D eigenvalue weighted by Gasteiger charge is 2.07. The van der Waals surface area contributed by atoms with Crippen LogP contribution in [0.5, 0.6) is 0 Å². The molecule has 0 aromatic rings. The Bertz CT molecular complexity index is 66.9. The lowest BCUT2D eigenvalue weighted by Crippen LogP contribution is -2.30. The zero-order valence-corrected chi connectivity index (χ0v) is 6.60. The van der Waals surface area contributed by atoms with Crippen LogP contribution in [0.1, 0.15) is 25.7 Å². The maximum Gasteiger partial charge on any atom is -0.00187 e. The summed E-state index contributed by atoms with van der Waals surface area (Å²) in [5.74, 6) is 0. The van der Waals surface area contributed by atoms with E-state index in [1.54, 1.807) is 0 Å². The zero-order chi connectivity index (χ0) is 6.53. The van der Waals surface area contributed by atoms with Gasteiger partial charge in [-0.15, -0.1) is 0 Å². The number of likely N-dealkylation sites (tertiary alicyclic amines) is 1. The SMILES string of the molecule is O.[CH2]CCN1CCCCC1. The van der Waals surface area contributed by atoms with E-state index in [-0.39, 0.29) is 5.48 Å². The van der Waals surface area contributed by atoms with Crippen molar-refractivity contribution < 1.29 is 5.48 Å². The predicted octanol–water partition coefficient (Wildman–Crippen LogP) is 0.872. The number of rotatable bonds is 2. The van der Waals surface area contributed by atoms with Crippen molar-refractivity contribution in [2.45, 2.75) is 25.7 Å². The lowest BCUT2D eigenvalue weighted by atomic mass is 10.1. The van der Waals surface area contributed by atoms with Gasteiger partial charge in [0.1, 0.15) is 0 Å². The van der Waals surface area contributed by atoms with Crippen LogP contribution in [0.15, 0.2) is 0 Å². The van der Waals surface area contributed by atoms with E-state index in [0.29, 0.717) is 0 Å². The summed E-state index contributed by atoms with van der Waals surface area (Å²) in [6.07, 6.45) is 5.31. The Balaban J connectivity index is 0.000000810. The molecule has 2 heteroatoms. The fourth-order valence-corrected chi connectivity index (χ4v) is 1.41. The smallest absolute Gasteiger partial charge is 0.00187 e. The van der Waals surface area contributed by atoms with Gasteiger partial charge in [-0.2, -0.15) is 0 Å². The van der Waals surface area contributed by atoms with E-state index in [4.69, 9.17) is 0 Å². The second-order valence-electron chi connectivity index (χ2n) is 2.76. The summed E-state index contributed by atoms with van der Waals surface area (Å²) in [5, 5.41) is 0. The fourth-order valence-electron chi connectivity index (χ4n) is 1.41. The average molecular weight is 144 g/mol. The van der Waals surface area contributed by atoms with Gasteiger partial charge >= 0.3 is 0 Å². The van der Waals surface area contributed by atoms with Crippen LogP contribution in [0.2, 0.25) is 0 Å². The van der Waals surface area contributed by atoms with E-state index in [0.717, 1.165) is 6.42 Å². The third-order valence-electron chi connectivity index (χ3n) is 1.92. The minimum atomic E-state index is 0. The van der Waals surface area contributed by atoms with Gasteiger partial charge < -0.3 is 10.4 Å². The normalized spacial score (nSPS) is 20.1. The van der Waals surface area contributed by atoms with E-state index >= 15 is 0 Å². The van der Waals surface area contributed by atoms with Crippen LogP contribution in [0.4, 0.5) is 0 Å².